The van der Waals surface area contributed by atoms with E-state index >= 15 is 0 Å². The lowest BCUT2D eigenvalue weighted by atomic mass is 9.74. The summed E-state index contributed by atoms with van der Waals surface area (Å²) in [5.41, 5.74) is -0.585. The first-order chi connectivity index (χ1) is 8.87. The van der Waals surface area contributed by atoms with E-state index in [9.17, 15) is 18.7 Å². The molecule has 1 aromatic rings. The first kappa shape index (κ1) is 13.9. The van der Waals surface area contributed by atoms with Crippen LogP contribution >= 0.6 is 0 Å². The molecule has 1 aliphatic rings. The zero-order chi connectivity index (χ0) is 14.1. The van der Waals surface area contributed by atoms with Gasteiger partial charge in [0.2, 0.25) is 0 Å². The Balaban J connectivity index is 2.34. The van der Waals surface area contributed by atoms with Gasteiger partial charge in [0, 0.05) is 6.42 Å². The number of ether oxygens (including phenoxy) is 1. The van der Waals surface area contributed by atoms with E-state index in [1.807, 2.05) is 6.92 Å². The number of aliphatic carboxylic acids is 1. The lowest BCUT2D eigenvalue weighted by Crippen LogP contribution is -2.55. The number of hydrogen-bond donors (Lipinski definition) is 1. The van der Waals surface area contributed by atoms with Gasteiger partial charge in [0.25, 0.3) is 5.92 Å². The van der Waals surface area contributed by atoms with Crippen molar-refractivity contribution in [2.75, 3.05) is 13.2 Å². The van der Waals surface area contributed by atoms with Crippen LogP contribution in [0.1, 0.15) is 17.5 Å². The molecule has 0 spiro atoms. The number of carbonyl (C=O) groups is 1. The van der Waals surface area contributed by atoms with E-state index in [2.05, 4.69) is 0 Å². The predicted octanol–water partition coefficient (Wildman–Crippen LogP) is 2.66. The number of rotatable bonds is 3. The van der Waals surface area contributed by atoms with Crippen LogP contribution in [0, 0.1) is 12.3 Å². The van der Waals surface area contributed by atoms with Gasteiger partial charge < -0.3 is 9.84 Å². The van der Waals surface area contributed by atoms with E-state index in [-0.39, 0.29) is 13.0 Å². The molecule has 1 aliphatic heterocycles. The monoisotopic (exact) mass is 270 g/mol. The van der Waals surface area contributed by atoms with Crippen molar-refractivity contribution < 1.29 is 23.4 Å². The Hall–Kier alpha value is -1.49. The van der Waals surface area contributed by atoms with Gasteiger partial charge in [-0.1, -0.05) is 29.8 Å². The van der Waals surface area contributed by atoms with E-state index in [1.54, 1.807) is 24.3 Å². The fourth-order valence-corrected chi connectivity index (χ4v) is 2.32. The highest BCUT2D eigenvalue weighted by Gasteiger charge is 2.61. The quantitative estimate of drug-likeness (QED) is 0.918. The molecule has 104 valence electrons. The molecule has 0 aliphatic carbocycles. The van der Waals surface area contributed by atoms with Crippen molar-refractivity contribution in [3.8, 4) is 0 Å². The molecule has 3 nitrogen and oxygen atoms in total. The first-order valence-corrected chi connectivity index (χ1v) is 6.12. The van der Waals surface area contributed by atoms with E-state index in [0.717, 1.165) is 5.56 Å². The summed E-state index contributed by atoms with van der Waals surface area (Å²) in [4.78, 5) is 11.4. The summed E-state index contributed by atoms with van der Waals surface area (Å²) in [6.45, 7) is 1.33. The maximum absolute atomic E-state index is 14.1. The highest BCUT2D eigenvalue weighted by atomic mass is 19.3. The van der Waals surface area contributed by atoms with Gasteiger partial charge in [0.05, 0.1) is 13.2 Å². The molecule has 0 saturated carbocycles. The molecule has 5 heteroatoms. The average Bonchev–Trinajstić information content (AvgIpc) is 2.34. The third-order valence-corrected chi connectivity index (χ3v) is 3.64. The van der Waals surface area contributed by atoms with Gasteiger partial charge in [0.15, 0.2) is 5.41 Å². The Morgan fingerprint density at radius 3 is 2.53 bits per heavy atom. The smallest absolute Gasteiger partial charge is 0.318 e. The zero-order valence-electron chi connectivity index (χ0n) is 10.7. The molecule has 1 unspecified atom stereocenters. The van der Waals surface area contributed by atoms with Crippen molar-refractivity contribution in [1.29, 1.82) is 0 Å². The Labute approximate surface area is 110 Å². The van der Waals surface area contributed by atoms with E-state index in [4.69, 9.17) is 4.74 Å². The van der Waals surface area contributed by atoms with Crippen LogP contribution in [0.25, 0.3) is 0 Å². The lowest BCUT2D eigenvalue weighted by molar-refractivity contribution is -0.215. The van der Waals surface area contributed by atoms with Gasteiger partial charge in [-0.15, -0.1) is 0 Å². The molecule has 0 bridgehead atoms. The summed E-state index contributed by atoms with van der Waals surface area (Å²) in [6, 6.07) is 6.94. The molecule has 1 heterocycles. The summed E-state index contributed by atoms with van der Waals surface area (Å²) in [5, 5.41) is 9.28. The third kappa shape index (κ3) is 2.47. The third-order valence-electron chi connectivity index (χ3n) is 3.64. The fraction of sp³-hybridized carbons (Fsp3) is 0.500. The van der Waals surface area contributed by atoms with Gasteiger partial charge in [-0.25, -0.2) is 8.78 Å². The van der Waals surface area contributed by atoms with Crippen molar-refractivity contribution in [3.05, 3.63) is 35.4 Å². The highest BCUT2D eigenvalue weighted by molar-refractivity contribution is 5.77. The van der Waals surface area contributed by atoms with Crippen LogP contribution in [0.15, 0.2) is 24.3 Å². The van der Waals surface area contributed by atoms with Crippen LogP contribution in [0.2, 0.25) is 0 Å². The lowest BCUT2D eigenvalue weighted by Gasteiger charge is -2.40. The van der Waals surface area contributed by atoms with Crippen LogP contribution in [0.3, 0.4) is 0 Å². The number of benzene rings is 1. The number of alkyl halides is 2. The summed E-state index contributed by atoms with van der Waals surface area (Å²) < 4.78 is 33.2. The van der Waals surface area contributed by atoms with Crippen molar-refractivity contribution in [3.63, 3.8) is 0 Å². The second kappa shape index (κ2) is 4.89. The Morgan fingerprint density at radius 1 is 1.37 bits per heavy atom. The van der Waals surface area contributed by atoms with Crippen molar-refractivity contribution >= 4 is 5.97 Å². The second-order valence-corrected chi connectivity index (χ2v) is 5.06. The standard InChI is InChI=1S/C14H16F2O3/c1-10-2-4-11(5-3-10)8-13(12(17)18)9-19-7-6-14(13,15)16/h2-5H,6-9H2,1H3,(H,17,18). The van der Waals surface area contributed by atoms with Crippen LogP contribution < -0.4 is 0 Å². The Kier molecular flexibility index (Phi) is 3.58. The van der Waals surface area contributed by atoms with Crippen molar-refractivity contribution in [2.45, 2.75) is 25.7 Å². The summed E-state index contributed by atoms with van der Waals surface area (Å²) in [5.74, 6) is -4.76. The topological polar surface area (TPSA) is 46.5 Å². The second-order valence-electron chi connectivity index (χ2n) is 5.06. The first-order valence-electron chi connectivity index (χ1n) is 6.12. The SMILES string of the molecule is Cc1ccc(CC2(C(=O)O)COCCC2(F)F)cc1. The fourth-order valence-electron chi connectivity index (χ4n) is 2.32. The summed E-state index contributed by atoms with van der Waals surface area (Å²) >= 11 is 0. The van der Waals surface area contributed by atoms with Crippen LogP contribution in [-0.4, -0.2) is 30.2 Å². The molecular weight excluding hydrogens is 254 g/mol. The highest BCUT2D eigenvalue weighted by Crippen LogP contribution is 2.45. The Morgan fingerprint density at radius 2 is 2.00 bits per heavy atom. The van der Waals surface area contributed by atoms with E-state index in [1.165, 1.54) is 0 Å². The molecule has 1 fully saturated rings. The normalized spacial score (nSPS) is 26.1. The molecule has 0 amide bonds. The minimum absolute atomic E-state index is 0.101. The number of aryl methyl sites for hydroxylation is 1. The minimum Gasteiger partial charge on any atom is -0.481 e. The van der Waals surface area contributed by atoms with Crippen molar-refractivity contribution in [1.82, 2.24) is 0 Å². The maximum atomic E-state index is 14.1. The molecule has 19 heavy (non-hydrogen) atoms. The van der Waals surface area contributed by atoms with Crippen LogP contribution in [-0.2, 0) is 16.0 Å². The number of hydrogen-bond acceptors (Lipinski definition) is 2. The minimum atomic E-state index is -3.26. The van der Waals surface area contributed by atoms with Gasteiger partial charge in [-0.2, -0.15) is 0 Å². The molecule has 1 saturated heterocycles. The molecule has 1 atom stereocenters. The average molecular weight is 270 g/mol. The van der Waals surface area contributed by atoms with Crippen molar-refractivity contribution in [2.24, 2.45) is 5.41 Å². The van der Waals surface area contributed by atoms with Gasteiger partial charge in [-0.05, 0) is 18.9 Å². The molecule has 2 rings (SSSR count). The number of carboxylic acids is 1. The van der Waals surface area contributed by atoms with Crippen LogP contribution in [0.5, 0.6) is 0 Å². The van der Waals surface area contributed by atoms with Gasteiger partial charge in [-0.3, -0.25) is 4.79 Å². The summed E-state index contributed by atoms with van der Waals surface area (Å²) in [7, 11) is 0. The van der Waals surface area contributed by atoms with Gasteiger partial charge in [0.1, 0.15) is 0 Å². The molecule has 0 aromatic heterocycles. The molecule has 1 N–H and O–H groups in total. The molecular formula is C14H16F2O3. The van der Waals surface area contributed by atoms with E-state index < -0.39 is 30.3 Å². The molecule has 1 aromatic carbocycles. The van der Waals surface area contributed by atoms with Crippen LogP contribution in [0.4, 0.5) is 8.78 Å². The maximum Gasteiger partial charge on any atom is 0.318 e. The molecule has 0 radical (unpaired) electrons. The summed E-state index contributed by atoms with van der Waals surface area (Å²) in [6.07, 6.45) is -0.777. The largest absolute Gasteiger partial charge is 0.481 e. The Bertz CT molecular complexity index is 470. The number of carboxylic acid groups (broad SMARTS) is 1. The van der Waals surface area contributed by atoms with Gasteiger partial charge >= 0.3 is 5.97 Å². The van der Waals surface area contributed by atoms with E-state index in [0.29, 0.717) is 5.56 Å². The predicted molar refractivity (Wildman–Crippen MR) is 65.3 cm³/mol. The zero-order valence-corrected chi connectivity index (χ0v) is 10.7. The number of halogens is 2.